The molecule has 1 fully saturated rings. The van der Waals surface area contributed by atoms with Crippen LogP contribution in [0.15, 0.2) is 36.7 Å². The molecule has 1 aliphatic rings. The average molecular weight is 375 g/mol. The minimum atomic E-state index is -0.753. The van der Waals surface area contributed by atoms with E-state index in [2.05, 4.69) is 16.0 Å². The van der Waals surface area contributed by atoms with Gasteiger partial charge in [0, 0.05) is 11.8 Å². The number of nitrogens with two attached hydrogens (primary N) is 1. The van der Waals surface area contributed by atoms with Crippen LogP contribution in [0.2, 0.25) is 0 Å². The number of anilines is 1. The van der Waals surface area contributed by atoms with Gasteiger partial charge in [0.1, 0.15) is 17.8 Å². The Balaban J connectivity index is 1.78. The van der Waals surface area contributed by atoms with Crippen molar-refractivity contribution in [3.05, 3.63) is 42.2 Å². The van der Waals surface area contributed by atoms with Crippen LogP contribution in [0.3, 0.4) is 0 Å². The highest BCUT2D eigenvalue weighted by Gasteiger charge is 2.35. The number of aliphatic hydroxyl groups excluding tert-OH is 2. The van der Waals surface area contributed by atoms with Gasteiger partial charge in [0.2, 0.25) is 0 Å². The number of nitrogen functional groups attached to an aromatic ring is 1. The van der Waals surface area contributed by atoms with Gasteiger partial charge in [-0.15, -0.1) is 0 Å². The van der Waals surface area contributed by atoms with Crippen molar-refractivity contribution in [2.45, 2.75) is 24.9 Å². The molecular formula is C20H17N5O3. The van der Waals surface area contributed by atoms with Gasteiger partial charge < -0.3 is 25.3 Å². The van der Waals surface area contributed by atoms with Crippen molar-refractivity contribution in [2.24, 2.45) is 0 Å². The Bertz CT molecular complexity index is 1280. The summed E-state index contributed by atoms with van der Waals surface area (Å²) in [5, 5.41) is 31.4. The molecular weight excluding hydrogens is 358 g/mol. The second-order valence-corrected chi connectivity index (χ2v) is 7.00. The molecule has 3 heterocycles. The van der Waals surface area contributed by atoms with Gasteiger partial charge in [0.05, 0.1) is 41.7 Å². The van der Waals surface area contributed by atoms with Crippen molar-refractivity contribution in [2.75, 3.05) is 12.3 Å². The van der Waals surface area contributed by atoms with Crippen molar-refractivity contribution < 1.29 is 14.9 Å². The number of ether oxygens (including phenoxy) is 1. The molecule has 3 atom stereocenters. The fourth-order valence-corrected chi connectivity index (χ4v) is 3.90. The predicted octanol–water partition coefficient (Wildman–Crippen LogP) is 1.83. The van der Waals surface area contributed by atoms with Crippen LogP contribution >= 0.6 is 0 Å². The van der Waals surface area contributed by atoms with Gasteiger partial charge in [0.15, 0.2) is 5.82 Å². The van der Waals surface area contributed by atoms with Gasteiger partial charge in [-0.2, -0.15) is 5.26 Å². The number of aliphatic hydroxyl groups is 2. The minimum Gasteiger partial charge on any atom is -0.394 e. The summed E-state index contributed by atoms with van der Waals surface area (Å²) >= 11 is 0. The maximum absolute atomic E-state index is 10.1. The molecule has 8 heteroatoms. The molecule has 1 aliphatic heterocycles. The Morgan fingerprint density at radius 2 is 2.14 bits per heavy atom. The third-order valence-electron chi connectivity index (χ3n) is 5.31. The van der Waals surface area contributed by atoms with E-state index in [1.54, 1.807) is 12.4 Å². The first-order valence-corrected chi connectivity index (χ1v) is 8.93. The summed E-state index contributed by atoms with van der Waals surface area (Å²) in [4.78, 5) is 8.89. The molecule has 2 aromatic heterocycles. The van der Waals surface area contributed by atoms with Gasteiger partial charge in [0.25, 0.3) is 0 Å². The number of aromatic nitrogens is 3. The SMILES string of the molecule is N#Cc1ccc2cc3nc(N)c4ncn([C@H]5C[C@H](O)[C@@H](CO)O5)c4c3cc2c1. The fraction of sp³-hybridized carbons (Fsp3) is 0.250. The number of nitriles is 1. The van der Waals surface area contributed by atoms with Gasteiger partial charge in [-0.25, -0.2) is 9.97 Å². The van der Waals surface area contributed by atoms with Crippen LogP contribution in [-0.4, -0.2) is 43.6 Å². The van der Waals surface area contributed by atoms with Gasteiger partial charge in [-0.1, -0.05) is 6.07 Å². The fourth-order valence-electron chi connectivity index (χ4n) is 3.90. The molecule has 0 amide bonds. The molecule has 4 N–H and O–H groups in total. The number of nitrogens with zero attached hydrogens (tertiary/aromatic N) is 4. The topological polar surface area (TPSA) is 130 Å². The van der Waals surface area contributed by atoms with Gasteiger partial charge in [-0.05, 0) is 35.0 Å². The molecule has 4 aromatic rings. The standard InChI is InChI=1S/C20H17N5O3/c21-7-10-1-2-11-5-14-13(4-12(11)3-10)19-18(20(22)24-14)23-9-25(19)17-6-15(27)16(8-26)28-17/h1-5,9,15-17,26-27H,6,8H2,(H2,22,24)/t15-,16+,17+/m0/s1. The maximum atomic E-state index is 10.1. The first-order chi connectivity index (χ1) is 13.6. The molecule has 0 radical (unpaired) electrons. The van der Waals surface area contributed by atoms with Gasteiger partial charge in [-0.3, -0.25) is 0 Å². The Hall–Kier alpha value is -3.25. The molecule has 140 valence electrons. The highest BCUT2D eigenvalue weighted by atomic mass is 16.5. The van der Waals surface area contributed by atoms with Crippen LogP contribution in [-0.2, 0) is 4.74 Å². The number of hydrogen-bond acceptors (Lipinski definition) is 7. The zero-order chi connectivity index (χ0) is 19.4. The van der Waals surface area contributed by atoms with Gasteiger partial charge >= 0.3 is 0 Å². The monoisotopic (exact) mass is 375 g/mol. The molecule has 0 saturated carbocycles. The highest BCUT2D eigenvalue weighted by Crippen LogP contribution is 2.36. The molecule has 0 unspecified atom stereocenters. The van der Waals surface area contributed by atoms with Crippen LogP contribution in [0, 0.1) is 11.3 Å². The minimum absolute atomic E-state index is 0.254. The summed E-state index contributed by atoms with van der Waals surface area (Å²) in [6.45, 7) is -0.254. The number of hydrogen-bond donors (Lipinski definition) is 3. The lowest BCUT2D eigenvalue weighted by molar-refractivity contribution is -0.0430. The van der Waals surface area contributed by atoms with Crippen molar-refractivity contribution >= 4 is 38.5 Å². The summed E-state index contributed by atoms with van der Waals surface area (Å²) in [6.07, 6.45) is 0.106. The van der Waals surface area contributed by atoms with Crippen molar-refractivity contribution in [3.8, 4) is 6.07 Å². The van der Waals surface area contributed by atoms with Crippen LogP contribution in [0.1, 0.15) is 18.2 Å². The Labute approximate surface area is 159 Å². The molecule has 2 aromatic carbocycles. The molecule has 28 heavy (non-hydrogen) atoms. The third-order valence-corrected chi connectivity index (χ3v) is 5.31. The van der Waals surface area contributed by atoms with E-state index in [-0.39, 0.29) is 6.61 Å². The van der Waals surface area contributed by atoms with E-state index in [1.807, 2.05) is 28.8 Å². The summed E-state index contributed by atoms with van der Waals surface area (Å²) in [5.41, 5.74) is 8.73. The van der Waals surface area contributed by atoms with Crippen molar-refractivity contribution in [3.63, 3.8) is 0 Å². The van der Waals surface area contributed by atoms with Crippen molar-refractivity contribution in [1.82, 2.24) is 14.5 Å². The summed E-state index contributed by atoms with van der Waals surface area (Å²) in [7, 11) is 0. The number of benzene rings is 2. The molecule has 0 bridgehead atoms. The normalized spacial score (nSPS) is 22.2. The number of imidazole rings is 1. The molecule has 0 spiro atoms. The smallest absolute Gasteiger partial charge is 0.152 e. The highest BCUT2D eigenvalue weighted by molar-refractivity contribution is 6.11. The summed E-state index contributed by atoms with van der Waals surface area (Å²) in [6, 6.07) is 11.5. The van der Waals surface area contributed by atoms with Crippen LogP contribution < -0.4 is 5.73 Å². The Morgan fingerprint density at radius 3 is 2.89 bits per heavy atom. The third kappa shape index (κ3) is 2.42. The molecule has 5 rings (SSSR count). The van der Waals surface area contributed by atoms with E-state index in [0.717, 1.165) is 21.7 Å². The largest absolute Gasteiger partial charge is 0.394 e. The van der Waals surface area contributed by atoms with E-state index in [1.165, 1.54) is 0 Å². The van der Waals surface area contributed by atoms with E-state index in [0.29, 0.717) is 28.8 Å². The number of pyridine rings is 1. The zero-order valence-electron chi connectivity index (χ0n) is 14.8. The maximum Gasteiger partial charge on any atom is 0.152 e. The first-order valence-electron chi connectivity index (χ1n) is 8.93. The second-order valence-electron chi connectivity index (χ2n) is 7.00. The lowest BCUT2D eigenvalue weighted by Gasteiger charge is -2.15. The first kappa shape index (κ1) is 16.9. The van der Waals surface area contributed by atoms with E-state index in [4.69, 9.17) is 10.5 Å². The van der Waals surface area contributed by atoms with Crippen LogP contribution in [0.25, 0.3) is 32.7 Å². The number of rotatable bonds is 2. The Kier molecular flexibility index (Phi) is 3.70. The van der Waals surface area contributed by atoms with E-state index >= 15 is 0 Å². The lowest BCUT2D eigenvalue weighted by Crippen LogP contribution is -2.24. The van der Waals surface area contributed by atoms with Crippen LogP contribution in [0.4, 0.5) is 5.82 Å². The lowest BCUT2D eigenvalue weighted by atomic mass is 10.0. The quantitative estimate of drug-likeness (QED) is 0.456. The van der Waals surface area contributed by atoms with E-state index in [9.17, 15) is 15.5 Å². The molecule has 8 nitrogen and oxygen atoms in total. The predicted molar refractivity (Wildman–Crippen MR) is 103 cm³/mol. The average Bonchev–Trinajstić information content (AvgIpc) is 3.30. The van der Waals surface area contributed by atoms with Crippen LogP contribution in [0.5, 0.6) is 0 Å². The molecule has 0 aliphatic carbocycles. The molecule has 1 saturated heterocycles. The number of fused-ring (bicyclic) bond motifs is 4. The summed E-state index contributed by atoms with van der Waals surface area (Å²) < 4.78 is 7.63. The zero-order valence-corrected chi connectivity index (χ0v) is 14.8. The van der Waals surface area contributed by atoms with E-state index < -0.39 is 18.4 Å². The van der Waals surface area contributed by atoms with Crippen molar-refractivity contribution in [1.29, 1.82) is 5.26 Å². The Morgan fingerprint density at radius 1 is 1.29 bits per heavy atom. The second kappa shape index (κ2) is 6.14. The summed E-state index contributed by atoms with van der Waals surface area (Å²) in [5.74, 6) is 0.312.